The molecule has 0 saturated carbocycles. The summed E-state index contributed by atoms with van der Waals surface area (Å²) in [5.74, 6) is -0.820. The van der Waals surface area contributed by atoms with Crippen LogP contribution in [0.4, 0.5) is 10.1 Å². The first-order valence-electron chi connectivity index (χ1n) is 9.55. The first-order valence-corrected chi connectivity index (χ1v) is 11.0. The largest absolute Gasteiger partial charge is 0.345 e. The van der Waals surface area contributed by atoms with Crippen LogP contribution < -0.4 is 10.0 Å². The Hall–Kier alpha value is -3.19. The third-order valence-corrected chi connectivity index (χ3v) is 6.16. The number of benzene rings is 3. The fraction of sp³-hybridized carbons (Fsp3) is 0.174. The van der Waals surface area contributed by atoms with Crippen molar-refractivity contribution in [3.63, 3.8) is 0 Å². The lowest BCUT2D eigenvalue weighted by molar-refractivity contribution is 0.0935. The van der Waals surface area contributed by atoms with E-state index in [1.807, 2.05) is 38.1 Å². The predicted octanol–water partition coefficient (Wildman–Crippen LogP) is 4.82. The molecular weight excluding hydrogens is 403 g/mol. The average molecular weight is 427 g/mol. The highest BCUT2D eigenvalue weighted by Gasteiger charge is 2.19. The molecule has 0 saturated heterocycles. The molecule has 0 aromatic heterocycles. The van der Waals surface area contributed by atoms with Crippen LogP contribution in [0.2, 0.25) is 0 Å². The molecule has 0 bridgehead atoms. The minimum absolute atomic E-state index is 0.0524. The fourth-order valence-electron chi connectivity index (χ4n) is 3.16. The molecule has 7 heteroatoms. The van der Waals surface area contributed by atoms with E-state index in [0.29, 0.717) is 6.42 Å². The van der Waals surface area contributed by atoms with Gasteiger partial charge in [-0.15, -0.1) is 0 Å². The van der Waals surface area contributed by atoms with Gasteiger partial charge in [0.05, 0.1) is 10.9 Å². The number of rotatable bonds is 7. The number of hydrogen-bond donors (Lipinski definition) is 2. The van der Waals surface area contributed by atoms with Gasteiger partial charge in [0.1, 0.15) is 5.82 Å². The van der Waals surface area contributed by atoms with Crippen LogP contribution in [0.15, 0.2) is 77.7 Å². The molecular formula is C23H23FN2O3S. The molecule has 1 atom stereocenters. The van der Waals surface area contributed by atoms with E-state index in [1.54, 1.807) is 6.07 Å². The van der Waals surface area contributed by atoms with E-state index in [9.17, 15) is 17.6 Å². The molecule has 5 nitrogen and oxygen atoms in total. The van der Waals surface area contributed by atoms with Gasteiger partial charge in [0, 0.05) is 11.3 Å². The lowest BCUT2D eigenvalue weighted by Gasteiger charge is -2.19. The molecule has 0 fully saturated rings. The normalized spacial score (nSPS) is 12.2. The molecule has 0 unspecified atom stereocenters. The van der Waals surface area contributed by atoms with Crippen LogP contribution in [0, 0.1) is 12.7 Å². The van der Waals surface area contributed by atoms with Crippen molar-refractivity contribution in [1.29, 1.82) is 0 Å². The Bertz CT molecular complexity index is 1150. The summed E-state index contributed by atoms with van der Waals surface area (Å²) < 4.78 is 40.8. The Morgan fingerprint density at radius 2 is 1.70 bits per heavy atom. The van der Waals surface area contributed by atoms with Gasteiger partial charge in [0.2, 0.25) is 0 Å². The maximum Gasteiger partial charge on any atom is 0.261 e. The molecule has 0 aliphatic rings. The van der Waals surface area contributed by atoms with Crippen LogP contribution in [-0.2, 0) is 10.0 Å². The highest BCUT2D eigenvalue weighted by Crippen LogP contribution is 2.22. The number of amides is 1. The summed E-state index contributed by atoms with van der Waals surface area (Å²) in [7, 11) is -3.93. The number of carbonyl (C=O) groups is 1. The van der Waals surface area contributed by atoms with Crippen LogP contribution in [0.25, 0.3) is 0 Å². The minimum atomic E-state index is -3.93. The summed E-state index contributed by atoms with van der Waals surface area (Å²) in [5, 5.41) is 2.98. The van der Waals surface area contributed by atoms with Crippen molar-refractivity contribution in [2.24, 2.45) is 0 Å². The first-order chi connectivity index (χ1) is 14.3. The van der Waals surface area contributed by atoms with Crippen LogP contribution in [0.5, 0.6) is 0 Å². The van der Waals surface area contributed by atoms with E-state index in [4.69, 9.17) is 0 Å². The lowest BCUT2D eigenvalue weighted by atomic mass is 9.99. The minimum Gasteiger partial charge on any atom is -0.345 e. The maximum absolute atomic E-state index is 13.0. The molecule has 30 heavy (non-hydrogen) atoms. The zero-order valence-corrected chi connectivity index (χ0v) is 17.5. The molecule has 3 aromatic rings. The van der Waals surface area contributed by atoms with Crippen molar-refractivity contribution in [2.75, 3.05) is 4.72 Å². The van der Waals surface area contributed by atoms with Crippen LogP contribution in [-0.4, -0.2) is 14.3 Å². The molecule has 0 aliphatic carbocycles. The molecule has 3 aromatic carbocycles. The Morgan fingerprint density at radius 3 is 2.37 bits per heavy atom. The fourth-order valence-corrected chi connectivity index (χ4v) is 4.26. The Balaban J connectivity index is 1.81. The summed E-state index contributed by atoms with van der Waals surface area (Å²) in [5.41, 5.74) is 2.57. The summed E-state index contributed by atoms with van der Waals surface area (Å²) >= 11 is 0. The van der Waals surface area contributed by atoms with Gasteiger partial charge in [0.25, 0.3) is 15.9 Å². The molecule has 0 radical (unpaired) electrons. The summed E-state index contributed by atoms with van der Waals surface area (Å²) in [6, 6.07) is 18.4. The summed E-state index contributed by atoms with van der Waals surface area (Å²) in [4.78, 5) is 12.8. The summed E-state index contributed by atoms with van der Waals surface area (Å²) in [6.45, 7) is 3.96. The second-order valence-corrected chi connectivity index (χ2v) is 8.61. The molecule has 3 rings (SSSR count). The van der Waals surface area contributed by atoms with Crippen molar-refractivity contribution in [1.82, 2.24) is 5.32 Å². The van der Waals surface area contributed by atoms with Gasteiger partial charge in [-0.2, -0.15) is 0 Å². The average Bonchev–Trinajstić information content (AvgIpc) is 2.74. The second-order valence-electron chi connectivity index (χ2n) is 6.93. The first kappa shape index (κ1) is 21.5. The van der Waals surface area contributed by atoms with Gasteiger partial charge >= 0.3 is 0 Å². The van der Waals surface area contributed by atoms with Crippen molar-refractivity contribution < 1.29 is 17.6 Å². The molecule has 156 valence electrons. The Morgan fingerprint density at radius 1 is 1.00 bits per heavy atom. The number of anilines is 1. The van der Waals surface area contributed by atoms with Crippen LogP contribution >= 0.6 is 0 Å². The molecule has 2 N–H and O–H groups in total. The summed E-state index contributed by atoms with van der Waals surface area (Å²) in [6.07, 6.45) is 0.695. The standard InChI is InChI=1S/C23H23FN2O3S/c1-3-22(21-10-5-4-7-16(21)2)25-23(27)17-8-6-9-20(15-17)30(28,29)26-19-13-11-18(24)12-14-19/h4-15,22,26H,3H2,1-2H3,(H,25,27)/t22-/m1/s1. The quantitative estimate of drug-likeness (QED) is 0.569. The van der Waals surface area contributed by atoms with E-state index in [1.165, 1.54) is 30.3 Å². The van der Waals surface area contributed by atoms with Crippen molar-refractivity contribution in [3.05, 3.63) is 95.3 Å². The number of halogens is 1. The maximum atomic E-state index is 13.0. The van der Waals surface area contributed by atoms with Gasteiger partial charge in [-0.25, -0.2) is 12.8 Å². The van der Waals surface area contributed by atoms with Crippen molar-refractivity contribution >= 4 is 21.6 Å². The Kier molecular flexibility index (Phi) is 6.52. The number of nitrogens with one attached hydrogen (secondary N) is 2. The van der Waals surface area contributed by atoms with E-state index < -0.39 is 15.8 Å². The third-order valence-electron chi connectivity index (χ3n) is 4.78. The highest BCUT2D eigenvalue weighted by atomic mass is 32.2. The van der Waals surface area contributed by atoms with Gasteiger partial charge in [-0.3, -0.25) is 9.52 Å². The van der Waals surface area contributed by atoms with Gasteiger partial charge in [-0.1, -0.05) is 37.3 Å². The second kappa shape index (κ2) is 9.09. The topological polar surface area (TPSA) is 75.3 Å². The molecule has 0 heterocycles. The molecule has 0 spiro atoms. The predicted molar refractivity (Wildman–Crippen MR) is 115 cm³/mol. The zero-order chi connectivity index (χ0) is 21.7. The molecule has 0 aliphatic heterocycles. The van der Waals surface area contributed by atoms with Crippen LogP contribution in [0.3, 0.4) is 0 Å². The SMILES string of the molecule is CC[C@@H](NC(=O)c1cccc(S(=O)(=O)Nc2ccc(F)cc2)c1)c1ccccc1C. The monoisotopic (exact) mass is 426 g/mol. The Labute approximate surface area is 176 Å². The van der Waals surface area contributed by atoms with E-state index in [0.717, 1.165) is 23.3 Å². The lowest BCUT2D eigenvalue weighted by Crippen LogP contribution is -2.28. The van der Waals surface area contributed by atoms with Gasteiger partial charge < -0.3 is 5.32 Å². The number of carbonyl (C=O) groups excluding carboxylic acids is 1. The van der Waals surface area contributed by atoms with E-state index >= 15 is 0 Å². The van der Waals surface area contributed by atoms with Gasteiger partial charge in [-0.05, 0) is 66.9 Å². The van der Waals surface area contributed by atoms with Gasteiger partial charge in [0.15, 0.2) is 0 Å². The highest BCUT2D eigenvalue weighted by molar-refractivity contribution is 7.92. The van der Waals surface area contributed by atoms with Crippen LogP contribution in [0.1, 0.15) is 40.9 Å². The number of sulfonamides is 1. The smallest absolute Gasteiger partial charge is 0.261 e. The van der Waals surface area contributed by atoms with Crippen molar-refractivity contribution in [3.8, 4) is 0 Å². The van der Waals surface area contributed by atoms with E-state index in [-0.39, 0.29) is 28.1 Å². The number of hydrogen-bond acceptors (Lipinski definition) is 3. The molecule has 1 amide bonds. The zero-order valence-electron chi connectivity index (χ0n) is 16.7. The number of aryl methyl sites for hydroxylation is 1. The third kappa shape index (κ3) is 5.04. The van der Waals surface area contributed by atoms with Crippen molar-refractivity contribution in [2.45, 2.75) is 31.2 Å². The van der Waals surface area contributed by atoms with E-state index in [2.05, 4.69) is 10.0 Å².